The van der Waals surface area contributed by atoms with E-state index >= 15 is 0 Å². The molecule has 4 N–H and O–H groups in total. The van der Waals surface area contributed by atoms with Crippen LogP contribution in [0.15, 0.2) is 12.2 Å². The topological polar surface area (TPSA) is 169 Å². The van der Waals surface area contributed by atoms with Crippen molar-refractivity contribution in [3.8, 4) is 0 Å². The first-order valence-corrected chi connectivity index (χ1v) is 14.7. The number of hydrogen-bond acceptors (Lipinski definition) is 8. The lowest BCUT2D eigenvalue weighted by Crippen LogP contribution is -2.43. The highest BCUT2D eigenvalue weighted by Gasteiger charge is 2.28. The second-order valence-corrected chi connectivity index (χ2v) is 10.4. The number of carboxylic acid groups (broad SMARTS) is 1. The largest absolute Gasteiger partial charge is 0.480 e. The second-order valence-electron chi connectivity index (χ2n) is 8.96. The third-order valence-electron chi connectivity index (χ3n) is 5.36. The molecule has 0 aromatic rings. The number of nitrogens with one attached hydrogen (secondary N) is 1. The summed E-state index contributed by atoms with van der Waals surface area (Å²) >= 11 is 0. The quantitative estimate of drug-likeness (QED) is 0.0588. The molecule has 3 atom stereocenters. The number of aliphatic hydroxyl groups is 1. The second kappa shape index (κ2) is 22.2. The fourth-order valence-electron chi connectivity index (χ4n) is 3.27. The molecule has 0 radical (unpaired) electrons. The minimum Gasteiger partial charge on any atom is -0.480 e. The van der Waals surface area contributed by atoms with Crippen molar-refractivity contribution in [2.75, 3.05) is 19.8 Å². The third kappa shape index (κ3) is 23.1. The highest BCUT2D eigenvalue weighted by molar-refractivity contribution is 7.47. The van der Waals surface area contributed by atoms with Gasteiger partial charge in [-0.1, -0.05) is 64.0 Å². The lowest BCUT2D eigenvalue weighted by atomic mass is 10.1. The van der Waals surface area contributed by atoms with Gasteiger partial charge in [0.15, 0.2) is 6.04 Å². The molecule has 0 rings (SSSR count). The minimum atomic E-state index is -4.70. The van der Waals surface area contributed by atoms with Gasteiger partial charge in [-0.25, -0.2) is 9.36 Å². The summed E-state index contributed by atoms with van der Waals surface area (Å²) in [6.45, 7) is 1.41. The fourth-order valence-corrected chi connectivity index (χ4v) is 4.04. The van der Waals surface area contributed by atoms with Crippen LogP contribution < -0.4 is 5.32 Å². The van der Waals surface area contributed by atoms with E-state index in [4.69, 9.17) is 0 Å². The number of allylic oxidation sites excluding steroid dienone is 2. The summed E-state index contributed by atoms with van der Waals surface area (Å²) in [5.41, 5.74) is 0. The van der Waals surface area contributed by atoms with Gasteiger partial charge in [0, 0.05) is 13.3 Å². The van der Waals surface area contributed by atoms with Crippen LogP contribution in [0.25, 0.3) is 0 Å². The van der Waals surface area contributed by atoms with E-state index in [2.05, 4.69) is 38.2 Å². The number of unbranched alkanes of at least 4 members (excludes halogenated alkanes) is 10. The first kappa shape index (κ1) is 35.2. The van der Waals surface area contributed by atoms with Gasteiger partial charge in [0.1, 0.15) is 12.7 Å². The van der Waals surface area contributed by atoms with E-state index in [0.717, 1.165) is 45.4 Å². The highest BCUT2D eigenvalue weighted by atomic mass is 31.2. The molecule has 0 aliphatic carbocycles. The summed E-state index contributed by atoms with van der Waals surface area (Å²) in [7, 11) is -4.70. The Bertz CT molecular complexity index is 716. The van der Waals surface area contributed by atoms with E-state index in [-0.39, 0.29) is 6.42 Å². The number of carboxylic acids is 1. The molecule has 0 aromatic heterocycles. The smallest absolute Gasteiger partial charge is 0.472 e. The van der Waals surface area contributed by atoms with Gasteiger partial charge in [0.25, 0.3) is 0 Å². The number of carbonyl (C=O) groups is 3. The molecule has 12 heteroatoms. The highest BCUT2D eigenvalue weighted by Crippen LogP contribution is 2.43. The number of amides is 1. The zero-order valence-electron chi connectivity index (χ0n) is 22.3. The molecule has 0 aliphatic rings. The molecule has 0 heterocycles. The number of carbonyl (C=O) groups excluding carboxylic acids is 2. The van der Waals surface area contributed by atoms with Gasteiger partial charge in [0.2, 0.25) is 5.91 Å². The first-order valence-electron chi connectivity index (χ1n) is 13.2. The van der Waals surface area contributed by atoms with Gasteiger partial charge >= 0.3 is 19.8 Å². The fraction of sp³-hybridized carbons (Fsp3) is 0.800. The lowest BCUT2D eigenvalue weighted by molar-refractivity contribution is -0.144. The van der Waals surface area contributed by atoms with Crippen molar-refractivity contribution in [3.63, 3.8) is 0 Å². The number of phosphoric acid groups is 1. The van der Waals surface area contributed by atoms with Gasteiger partial charge in [-0.2, -0.15) is 0 Å². The van der Waals surface area contributed by atoms with E-state index in [1.54, 1.807) is 0 Å². The third-order valence-corrected chi connectivity index (χ3v) is 6.31. The lowest BCUT2D eigenvalue weighted by Gasteiger charge is -2.18. The summed E-state index contributed by atoms with van der Waals surface area (Å²) in [4.78, 5) is 43.7. The molecular formula is C25H46NO10P. The Morgan fingerprint density at radius 1 is 0.865 bits per heavy atom. The van der Waals surface area contributed by atoms with Crippen LogP contribution in [0.1, 0.15) is 97.3 Å². The number of aliphatic hydroxyl groups excluding tert-OH is 1. The molecule has 0 saturated heterocycles. The Morgan fingerprint density at radius 2 is 1.41 bits per heavy atom. The number of aliphatic carboxylic acids is 1. The monoisotopic (exact) mass is 551 g/mol. The van der Waals surface area contributed by atoms with Crippen molar-refractivity contribution >= 4 is 25.7 Å². The van der Waals surface area contributed by atoms with Crippen molar-refractivity contribution < 1.29 is 47.8 Å². The van der Waals surface area contributed by atoms with Gasteiger partial charge in [-0.15, -0.1) is 0 Å². The summed E-state index contributed by atoms with van der Waals surface area (Å²) in [5.74, 6) is -2.57. The zero-order chi connectivity index (χ0) is 27.9. The maximum Gasteiger partial charge on any atom is 0.472 e. The van der Waals surface area contributed by atoms with Crippen LogP contribution >= 0.6 is 7.82 Å². The molecule has 0 fully saturated rings. The molecule has 1 amide bonds. The average molecular weight is 552 g/mol. The molecular weight excluding hydrogens is 505 g/mol. The SMILES string of the molecule is CCCCCCC/C=C\CCCCCCCC(=O)NC(COP(=O)(O)OCC(O)COC(C)=O)C(=O)O. The first-order chi connectivity index (χ1) is 17.6. The maximum atomic E-state index is 12.1. The zero-order valence-corrected chi connectivity index (χ0v) is 23.2. The predicted molar refractivity (Wildman–Crippen MR) is 139 cm³/mol. The van der Waals surface area contributed by atoms with Gasteiger partial charge in [-0.3, -0.25) is 18.6 Å². The van der Waals surface area contributed by atoms with Crippen LogP contribution in [0, 0.1) is 0 Å². The predicted octanol–water partition coefficient (Wildman–Crippen LogP) is 4.26. The van der Waals surface area contributed by atoms with E-state index in [1.165, 1.54) is 32.1 Å². The van der Waals surface area contributed by atoms with Crippen molar-refractivity contribution in [2.24, 2.45) is 0 Å². The average Bonchev–Trinajstić information content (AvgIpc) is 2.84. The molecule has 3 unspecified atom stereocenters. The van der Waals surface area contributed by atoms with Crippen LogP contribution in [0.2, 0.25) is 0 Å². The van der Waals surface area contributed by atoms with E-state index in [9.17, 15) is 34.1 Å². The number of rotatable bonds is 24. The van der Waals surface area contributed by atoms with Gasteiger partial charge in [-0.05, 0) is 32.1 Å². The number of phosphoric ester groups is 1. The number of ether oxygens (including phenoxy) is 1. The van der Waals surface area contributed by atoms with Crippen molar-refractivity contribution in [2.45, 2.75) is 109 Å². The summed E-state index contributed by atoms with van der Waals surface area (Å²) in [6.07, 6.45) is 16.5. The Labute approximate surface area is 220 Å². The molecule has 0 bridgehead atoms. The van der Waals surface area contributed by atoms with Crippen molar-refractivity contribution in [1.82, 2.24) is 5.32 Å². The molecule has 0 spiro atoms. The van der Waals surface area contributed by atoms with Crippen LogP contribution in [0.4, 0.5) is 0 Å². The molecule has 0 aliphatic heterocycles. The minimum absolute atomic E-state index is 0.136. The van der Waals surface area contributed by atoms with Crippen molar-refractivity contribution in [1.29, 1.82) is 0 Å². The van der Waals surface area contributed by atoms with Gasteiger partial charge < -0.3 is 25.2 Å². The van der Waals surface area contributed by atoms with Crippen LogP contribution in [-0.4, -0.2) is 64.9 Å². The molecule has 216 valence electrons. The Hall–Kier alpha value is -1.78. The molecule has 37 heavy (non-hydrogen) atoms. The molecule has 11 nitrogen and oxygen atoms in total. The van der Waals surface area contributed by atoms with Crippen LogP contribution in [0.5, 0.6) is 0 Å². The van der Waals surface area contributed by atoms with Crippen LogP contribution in [-0.2, 0) is 32.7 Å². The van der Waals surface area contributed by atoms with E-state index in [1.807, 2.05) is 0 Å². The molecule has 0 aromatic carbocycles. The standard InChI is InChI=1S/C25H46NO10P/c1-3-4-5-6-7-8-9-10-11-12-13-14-15-16-17-24(29)26-23(25(30)31)20-36-37(32,33)35-19-22(28)18-34-21(2)27/h9-10,22-23,28H,3-8,11-20H2,1-2H3,(H,26,29)(H,30,31)(H,32,33)/b10-9-. The molecule has 0 saturated carbocycles. The summed E-state index contributed by atoms with van der Waals surface area (Å²) < 4.78 is 25.6. The maximum absolute atomic E-state index is 12.1. The van der Waals surface area contributed by atoms with Crippen LogP contribution in [0.3, 0.4) is 0 Å². The van der Waals surface area contributed by atoms with E-state index in [0.29, 0.717) is 6.42 Å². The van der Waals surface area contributed by atoms with Gasteiger partial charge in [0.05, 0.1) is 13.2 Å². The normalized spacial score (nSPS) is 14.7. The summed E-state index contributed by atoms with van der Waals surface area (Å²) in [5, 5.41) is 21.0. The van der Waals surface area contributed by atoms with E-state index < -0.39 is 57.6 Å². The Balaban J connectivity index is 3.99. The number of hydrogen-bond donors (Lipinski definition) is 4. The summed E-state index contributed by atoms with van der Waals surface area (Å²) in [6, 6.07) is -1.54. The van der Waals surface area contributed by atoms with Crippen molar-refractivity contribution in [3.05, 3.63) is 12.2 Å². The Kier molecular flexibility index (Phi) is 21.2. The Morgan fingerprint density at radius 3 is 1.97 bits per heavy atom. The number of esters is 1.